The Morgan fingerprint density at radius 3 is 2.33 bits per heavy atom. The summed E-state index contributed by atoms with van der Waals surface area (Å²) < 4.78 is 27.2. The van der Waals surface area contributed by atoms with E-state index in [0.29, 0.717) is 130 Å². The van der Waals surface area contributed by atoms with Crippen molar-refractivity contribution in [1.29, 1.82) is 0 Å². The Morgan fingerprint density at radius 1 is 0.833 bits per heavy atom. The summed E-state index contributed by atoms with van der Waals surface area (Å²) in [5.41, 5.74) is 11.4. The van der Waals surface area contributed by atoms with Gasteiger partial charge >= 0.3 is 18.1 Å². The minimum Gasteiger partial charge on any atom is -0.476 e. The summed E-state index contributed by atoms with van der Waals surface area (Å²) in [7, 11) is 1.62. The number of para-hydroxylation sites is 1. The van der Waals surface area contributed by atoms with E-state index in [9.17, 15) is 48.6 Å². The molecule has 4 aliphatic carbocycles. The summed E-state index contributed by atoms with van der Waals surface area (Å²) in [5, 5.41) is 39.9. The molecule has 4 bridgehead atoms. The number of thiazole rings is 1. The number of aromatic carboxylic acids is 1. The first kappa shape index (κ1) is 73.9. The van der Waals surface area contributed by atoms with E-state index in [2.05, 4.69) is 36.2 Å². The molecule has 9 N–H and O–H groups in total. The summed E-state index contributed by atoms with van der Waals surface area (Å²) in [4.78, 5) is 117. The van der Waals surface area contributed by atoms with Crippen molar-refractivity contribution in [3.8, 4) is 11.1 Å². The van der Waals surface area contributed by atoms with E-state index in [-0.39, 0.29) is 79.5 Å². The molecule has 8 amide bonds. The lowest BCUT2D eigenvalue weighted by molar-refractivity contribution is -0.201. The lowest BCUT2D eigenvalue weighted by Crippen LogP contribution is -2.58. The largest absolute Gasteiger partial charge is 0.476 e. The Balaban J connectivity index is 0.583. The molecule has 27 nitrogen and oxygen atoms in total. The van der Waals surface area contributed by atoms with Crippen LogP contribution in [0.4, 0.5) is 26.2 Å². The van der Waals surface area contributed by atoms with Crippen LogP contribution in [0.5, 0.6) is 0 Å². The van der Waals surface area contributed by atoms with Crippen molar-refractivity contribution in [2.75, 3.05) is 81.8 Å². The molecule has 28 heteroatoms. The van der Waals surface area contributed by atoms with Gasteiger partial charge in [0.05, 0.1) is 55.0 Å². The van der Waals surface area contributed by atoms with Crippen molar-refractivity contribution in [2.24, 2.45) is 28.9 Å². The number of urea groups is 1. The summed E-state index contributed by atoms with van der Waals surface area (Å²) in [6, 6.07) is 21.2. The number of ether oxygens (including phenoxy) is 4. The van der Waals surface area contributed by atoms with Gasteiger partial charge in [0.2, 0.25) is 23.6 Å². The van der Waals surface area contributed by atoms with Crippen LogP contribution in [0.15, 0.2) is 97.2 Å². The van der Waals surface area contributed by atoms with Crippen LogP contribution in [-0.2, 0) is 64.2 Å². The van der Waals surface area contributed by atoms with Gasteiger partial charge in [0.15, 0.2) is 10.8 Å². The fourth-order valence-corrected chi connectivity index (χ4v) is 16.3. The Kier molecular flexibility index (Phi) is 24.4. The number of amides is 8. The minimum absolute atomic E-state index is 0.0196. The van der Waals surface area contributed by atoms with E-state index in [0.717, 1.165) is 64.7 Å². The van der Waals surface area contributed by atoms with E-state index >= 15 is 0 Å². The van der Waals surface area contributed by atoms with Gasteiger partial charge in [-0.05, 0) is 166 Å². The number of primary amides is 1. The highest BCUT2D eigenvalue weighted by Crippen LogP contribution is 2.63. The van der Waals surface area contributed by atoms with Gasteiger partial charge in [-0.25, -0.2) is 24.4 Å². The molecule has 4 saturated carbocycles. The number of carbonyl (C=O) groups is 8. The zero-order valence-corrected chi connectivity index (χ0v) is 59.1. The first-order chi connectivity index (χ1) is 49.1. The monoisotopic (exact) mass is 1420 g/mol. The molecule has 5 atom stereocenters. The Morgan fingerprint density at radius 2 is 1.60 bits per heavy atom. The predicted molar refractivity (Wildman–Crippen MR) is 382 cm³/mol. The molecule has 12 rings (SSSR count). The van der Waals surface area contributed by atoms with Crippen LogP contribution in [0.3, 0.4) is 0 Å². The standard InChI is InChI=1S/C74H93N13O14S/c1-46(2)64(82-61(88)17-6-5-9-28-86-62(89)24-25-63(86)90)68(93)79-58(15-11-27-76-70(75)96)67(92)78-52-20-18-48(19-21-52)43-100-72(97)84(4)30-31-98-32-33-99-34-35-101-74-39-49-36-50(40-74)38-73(37-49,44-74)45-87-47(3)55(41-77-87)53-22-23-60(81-65(53)69(94)95)85-29-26-51-12-10-13-54(56(51)42-85)66(91)83-71-80-57-14-7-8-16-59(57)102-71/h7-8,10,12-14,16,18-25,41,46,49-50,58,62,64,89H,5-6,9,11,15,17,26-40,42-45H2,1-4H3,(H,78,92)(H,79,93)(H,82,88)(H,94,95)(H3,75,76,96)(H,80,83,91)/t49?,50?,58-,62?,64-,73?,74?/m0/s1. The first-order valence-electron chi connectivity index (χ1n) is 35.3. The number of hydrogen-bond donors (Lipinski definition) is 8. The molecule has 0 saturated heterocycles. The van der Waals surface area contributed by atoms with Gasteiger partial charge in [-0.2, -0.15) is 5.10 Å². The second kappa shape index (κ2) is 33.6. The Hall–Kier alpha value is -9.35. The molecule has 2 aliphatic heterocycles. The maximum atomic E-state index is 13.8. The van der Waals surface area contributed by atoms with Gasteiger partial charge in [-0.15, -0.1) is 0 Å². The van der Waals surface area contributed by atoms with Crippen molar-refractivity contribution in [3.05, 3.63) is 131 Å². The molecular weight excluding hydrogens is 1330 g/mol. The lowest BCUT2D eigenvalue weighted by Gasteiger charge is -2.61. The maximum absolute atomic E-state index is 13.8. The number of nitrogens with two attached hydrogens (primary N) is 1. The van der Waals surface area contributed by atoms with E-state index in [1.807, 2.05) is 66.4 Å². The highest BCUT2D eigenvalue weighted by atomic mass is 32.1. The molecule has 3 aromatic heterocycles. The van der Waals surface area contributed by atoms with Crippen LogP contribution < -0.4 is 37.2 Å². The summed E-state index contributed by atoms with van der Waals surface area (Å²) in [6.07, 6.45) is 12.3. The number of carboxylic acid groups (broad SMARTS) is 1. The average molecular weight is 1420 g/mol. The molecule has 544 valence electrons. The maximum Gasteiger partial charge on any atom is 0.409 e. The van der Waals surface area contributed by atoms with Crippen LogP contribution in [0.1, 0.15) is 134 Å². The number of nitrogens with zero attached hydrogens (tertiary/aromatic N) is 7. The van der Waals surface area contributed by atoms with Gasteiger partial charge in [0, 0.05) is 86.9 Å². The van der Waals surface area contributed by atoms with Crippen LogP contribution in [0.25, 0.3) is 21.3 Å². The number of fused-ring (bicyclic) bond motifs is 2. The smallest absolute Gasteiger partial charge is 0.409 e. The molecule has 102 heavy (non-hydrogen) atoms. The number of aliphatic hydroxyl groups excluding tert-OH is 1. The summed E-state index contributed by atoms with van der Waals surface area (Å²) >= 11 is 1.42. The molecule has 6 aromatic rings. The van der Waals surface area contributed by atoms with Crippen LogP contribution in [0.2, 0.25) is 0 Å². The van der Waals surface area contributed by atoms with Crippen molar-refractivity contribution in [3.63, 3.8) is 0 Å². The Labute approximate surface area is 596 Å². The van der Waals surface area contributed by atoms with Crippen molar-refractivity contribution in [2.45, 2.75) is 148 Å². The second-order valence-electron chi connectivity index (χ2n) is 28.0. The molecule has 0 spiro atoms. The third-order valence-electron chi connectivity index (χ3n) is 20.1. The lowest BCUT2D eigenvalue weighted by atomic mass is 9.48. The number of nitrogens with one attached hydrogen (secondary N) is 5. The minimum atomic E-state index is -1.13. The normalized spacial score (nSPS) is 20.1. The summed E-state index contributed by atoms with van der Waals surface area (Å²) in [6.45, 7) is 9.77. The van der Waals surface area contributed by atoms with Gasteiger partial charge < -0.3 is 70.9 Å². The van der Waals surface area contributed by atoms with Crippen LogP contribution >= 0.6 is 11.3 Å². The number of aromatic nitrogens is 4. The molecular formula is C74H93N13O14S. The predicted octanol–water partition coefficient (Wildman–Crippen LogP) is 8.32. The zero-order valence-electron chi connectivity index (χ0n) is 58.3. The van der Waals surface area contributed by atoms with Crippen LogP contribution in [0, 0.1) is 30.1 Å². The number of anilines is 3. The molecule has 6 aliphatic rings. The van der Waals surface area contributed by atoms with E-state index in [1.165, 1.54) is 39.7 Å². The molecule has 0 radical (unpaired) electrons. The SMILES string of the molecule is Cc1c(-c2ccc(N3CCc4cccc(C(=O)Nc5nc6ccccc6s5)c4C3)nc2C(=O)O)cnn1CC12CC3CC(C1)CC(OCCOCCOCCN(C)C(=O)OCc1ccc(NC(=O)[C@H](CCCNC(N)=O)NC(=O)[C@@H](NC(=O)CCCCCN4C(=O)C=CC4O)C(C)C)cc1)(C3)C2. The fraction of sp³-hybridized carbons (Fsp3) is 0.500. The van der Waals surface area contributed by atoms with Gasteiger partial charge in [-0.1, -0.05) is 68.0 Å². The third-order valence-corrected chi connectivity index (χ3v) is 21.1. The first-order valence-corrected chi connectivity index (χ1v) is 36.1. The third kappa shape index (κ3) is 18.6. The molecule has 3 unspecified atom stereocenters. The van der Waals surface area contributed by atoms with Gasteiger partial charge in [-0.3, -0.25) is 34.0 Å². The van der Waals surface area contributed by atoms with E-state index in [1.54, 1.807) is 51.4 Å². The topological polar surface area (TPSA) is 353 Å². The highest BCUT2D eigenvalue weighted by molar-refractivity contribution is 7.22. The van der Waals surface area contributed by atoms with Gasteiger partial charge in [0.25, 0.3) is 5.91 Å². The molecule has 4 fully saturated rings. The fourth-order valence-electron chi connectivity index (χ4n) is 15.4. The van der Waals surface area contributed by atoms with E-state index in [4.69, 9.17) is 34.8 Å². The van der Waals surface area contributed by atoms with Crippen molar-refractivity contribution < 1.29 is 67.5 Å². The quantitative estimate of drug-likeness (QED) is 0.0173. The molecule has 3 aromatic carbocycles. The second-order valence-corrected chi connectivity index (χ2v) is 29.0. The summed E-state index contributed by atoms with van der Waals surface area (Å²) in [5.74, 6) is -1.79. The van der Waals surface area contributed by atoms with E-state index < -0.39 is 48.2 Å². The number of carboxylic acids is 1. The number of rotatable bonds is 35. The zero-order chi connectivity index (χ0) is 72.1. The molecule has 5 heterocycles. The average Bonchev–Trinajstić information content (AvgIpc) is 0.891. The van der Waals surface area contributed by atoms with Crippen molar-refractivity contribution >= 4 is 85.8 Å². The van der Waals surface area contributed by atoms with Crippen LogP contribution in [-0.4, -0.2) is 178 Å². The number of carbonyl (C=O) groups excluding carboxylic acids is 7. The number of benzene rings is 3. The number of unbranched alkanes of at least 4 members (excludes halogenated alkanes) is 2. The highest BCUT2D eigenvalue weighted by Gasteiger charge is 2.58. The van der Waals surface area contributed by atoms with Crippen molar-refractivity contribution in [1.82, 2.24) is 45.5 Å². The number of likely N-dealkylation sites (N-methyl/N-ethyl adjacent to an activating group) is 1. The Bertz CT molecular complexity index is 4000. The number of pyridine rings is 1. The number of hydrogen-bond acceptors (Lipinski definition) is 18. The number of aliphatic hydroxyl groups is 1. The van der Waals surface area contributed by atoms with Gasteiger partial charge in [0.1, 0.15) is 30.7 Å².